The first-order valence-corrected chi connectivity index (χ1v) is 8.35. The van der Waals surface area contributed by atoms with Crippen molar-refractivity contribution in [2.45, 2.75) is 6.61 Å². The summed E-state index contributed by atoms with van der Waals surface area (Å²) in [6, 6.07) is 16.0. The van der Waals surface area contributed by atoms with Gasteiger partial charge in [-0.25, -0.2) is 0 Å². The molecular weight excluding hydrogens is 344 g/mol. The summed E-state index contributed by atoms with van der Waals surface area (Å²) in [7, 11) is 3.11. The van der Waals surface area contributed by atoms with E-state index in [9.17, 15) is 4.79 Å². The summed E-state index contributed by atoms with van der Waals surface area (Å²) in [4.78, 5) is 16.6. The lowest BCUT2D eigenvalue weighted by Crippen LogP contribution is -2.12. The Labute approximate surface area is 157 Å². The third kappa shape index (κ3) is 4.76. The van der Waals surface area contributed by atoms with Crippen molar-refractivity contribution in [3.8, 4) is 17.2 Å². The Kier molecular flexibility index (Phi) is 5.89. The third-order valence-electron chi connectivity index (χ3n) is 3.90. The lowest BCUT2D eigenvalue weighted by atomic mass is 10.2. The van der Waals surface area contributed by atoms with Gasteiger partial charge in [0, 0.05) is 29.6 Å². The van der Waals surface area contributed by atoms with Crippen LogP contribution in [0.25, 0.3) is 0 Å². The number of carbonyl (C=O) groups excluding carboxylic acids is 1. The second kappa shape index (κ2) is 8.71. The van der Waals surface area contributed by atoms with Gasteiger partial charge in [-0.15, -0.1) is 0 Å². The predicted molar refractivity (Wildman–Crippen MR) is 103 cm³/mol. The quantitative estimate of drug-likeness (QED) is 0.688. The van der Waals surface area contributed by atoms with Crippen LogP contribution in [0.15, 0.2) is 67.0 Å². The van der Waals surface area contributed by atoms with Gasteiger partial charge in [-0.05, 0) is 42.5 Å². The van der Waals surface area contributed by atoms with Gasteiger partial charge < -0.3 is 19.5 Å². The maximum Gasteiger partial charge on any atom is 0.255 e. The van der Waals surface area contributed by atoms with Gasteiger partial charge in [0.05, 0.1) is 19.9 Å². The van der Waals surface area contributed by atoms with Crippen LogP contribution >= 0.6 is 0 Å². The minimum absolute atomic E-state index is 0.250. The van der Waals surface area contributed by atoms with Gasteiger partial charge in [0.2, 0.25) is 0 Å². The number of methoxy groups -OCH3 is 2. The Balaban J connectivity index is 1.65. The van der Waals surface area contributed by atoms with Gasteiger partial charge in [0.1, 0.15) is 23.9 Å². The molecule has 0 saturated heterocycles. The average molecular weight is 364 g/mol. The van der Waals surface area contributed by atoms with E-state index in [0.717, 1.165) is 5.56 Å². The number of rotatable bonds is 7. The molecule has 3 rings (SSSR count). The van der Waals surface area contributed by atoms with Crippen LogP contribution in [0.2, 0.25) is 0 Å². The zero-order chi connectivity index (χ0) is 19.1. The summed E-state index contributed by atoms with van der Waals surface area (Å²) >= 11 is 0. The Morgan fingerprint density at radius 1 is 1.00 bits per heavy atom. The van der Waals surface area contributed by atoms with Crippen LogP contribution in [0.1, 0.15) is 15.9 Å². The van der Waals surface area contributed by atoms with E-state index in [4.69, 9.17) is 14.2 Å². The number of hydrogen-bond acceptors (Lipinski definition) is 5. The van der Waals surface area contributed by atoms with E-state index in [0.29, 0.717) is 35.1 Å². The molecule has 0 saturated carbocycles. The first-order chi connectivity index (χ1) is 13.2. The molecule has 0 spiro atoms. The first kappa shape index (κ1) is 18.3. The molecule has 6 nitrogen and oxygen atoms in total. The molecule has 138 valence electrons. The first-order valence-electron chi connectivity index (χ1n) is 8.35. The zero-order valence-corrected chi connectivity index (χ0v) is 15.1. The number of hydrogen-bond donors (Lipinski definition) is 1. The molecule has 0 aliphatic rings. The molecule has 0 aliphatic heterocycles. The maximum absolute atomic E-state index is 12.5. The number of anilines is 1. The van der Waals surface area contributed by atoms with Crippen LogP contribution in [0.5, 0.6) is 17.2 Å². The fourth-order valence-corrected chi connectivity index (χ4v) is 2.46. The standard InChI is InChI=1S/C21H20N2O4/c1-25-18-9-10-20(26-2)19(12-18)23-21(24)16-5-7-17(8-6-16)27-14-15-4-3-11-22-13-15/h3-13H,14H2,1-2H3,(H,23,24). The smallest absolute Gasteiger partial charge is 0.255 e. The van der Waals surface area contributed by atoms with Crippen LogP contribution in [0, 0.1) is 0 Å². The van der Waals surface area contributed by atoms with E-state index in [-0.39, 0.29) is 5.91 Å². The van der Waals surface area contributed by atoms with E-state index in [1.54, 1.807) is 69.1 Å². The van der Waals surface area contributed by atoms with Crippen LogP contribution in [-0.2, 0) is 6.61 Å². The number of nitrogens with zero attached hydrogens (tertiary/aromatic N) is 1. The van der Waals surface area contributed by atoms with Gasteiger partial charge in [-0.1, -0.05) is 6.07 Å². The number of nitrogens with one attached hydrogen (secondary N) is 1. The highest BCUT2D eigenvalue weighted by molar-refractivity contribution is 6.05. The maximum atomic E-state index is 12.5. The third-order valence-corrected chi connectivity index (χ3v) is 3.90. The van der Waals surface area contributed by atoms with Crippen LogP contribution in [0.3, 0.4) is 0 Å². The highest BCUT2D eigenvalue weighted by Crippen LogP contribution is 2.29. The van der Waals surface area contributed by atoms with Crippen molar-refractivity contribution in [1.29, 1.82) is 0 Å². The number of benzene rings is 2. The van der Waals surface area contributed by atoms with Gasteiger partial charge in [-0.3, -0.25) is 9.78 Å². The molecule has 1 amide bonds. The number of carbonyl (C=O) groups is 1. The predicted octanol–water partition coefficient (Wildman–Crippen LogP) is 3.93. The monoisotopic (exact) mass is 364 g/mol. The second-order valence-electron chi connectivity index (χ2n) is 5.69. The number of pyridine rings is 1. The summed E-state index contributed by atoms with van der Waals surface area (Å²) in [6.45, 7) is 0.417. The number of aromatic nitrogens is 1. The Hall–Kier alpha value is -3.54. The lowest BCUT2D eigenvalue weighted by molar-refractivity contribution is 0.102. The normalized spacial score (nSPS) is 10.1. The summed E-state index contributed by atoms with van der Waals surface area (Å²) in [6.07, 6.45) is 3.47. The second-order valence-corrected chi connectivity index (χ2v) is 5.69. The van der Waals surface area contributed by atoms with Crippen LogP contribution < -0.4 is 19.5 Å². The van der Waals surface area contributed by atoms with E-state index in [1.807, 2.05) is 12.1 Å². The molecule has 0 fully saturated rings. The van der Waals surface area contributed by atoms with Gasteiger partial charge in [-0.2, -0.15) is 0 Å². The van der Waals surface area contributed by atoms with Crippen molar-refractivity contribution >= 4 is 11.6 Å². The minimum Gasteiger partial charge on any atom is -0.497 e. The molecule has 1 aromatic heterocycles. The summed E-state index contributed by atoms with van der Waals surface area (Å²) in [5.41, 5.74) is 2.02. The molecule has 1 heterocycles. The Morgan fingerprint density at radius 3 is 2.44 bits per heavy atom. The van der Waals surface area contributed by atoms with E-state index < -0.39 is 0 Å². The summed E-state index contributed by atoms with van der Waals surface area (Å²) < 4.78 is 16.2. The van der Waals surface area contributed by atoms with Crippen molar-refractivity contribution in [2.75, 3.05) is 19.5 Å². The molecule has 6 heteroatoms. The zero-order valence-electron chi connectivity index (χ0n) is 15.1. The molecule has 0 radical (unpaired) electrons. The van der Waals surface area contributed by atoms with Crippen molar-refractivity contribution in [3.63, 3.8) is 0 Å². The van der Waals surface area contributed by atoms with Gasteiger partial charge in [0.25, 0.3) is 5.91 Å². The highest BCUT2D eigenvalue weighted by atomic mass is 16.5. The minimum atomic E-state index is -0.250. The molecule has 2 aromatic carbocycles. The largest absolute Gasteiger partial charge is 0.497 e. The van der Waals surface area contributed by atoms with Crippen molar-refractivity contribution in [3.05, 3.63) is 78.1 Å². The molecule has 1 N–H and O–H groups in total. The number of ether oxygens (including phenoxy) is 3. The van der Waals surface area contributed by atoms with Crippen LogP contribution in [0.4, 0.5) is 5.69 Å². The molecule has 27 heavy (non-hydrogen) atoms. The average Bonchev–Trinajstić information content (AvgIpc) is 2.73. The SMILES string of the molecule is COc1ccc(OC)c(NC(=O)c2ccc(OCc3cccnc3)cc2)c1. The van der Waals surface area contributed by atoms with E-state index >= 15 is 0 Å². The summed E-state index contributed by atoms with van der Waals surface area (Å²) in [5.74, 6) is 1.61. The fraction of sp³-hybridized carbons (Fsp3) is 0.143. The molecule has 0 bridgehead atoms. The molecular formula is C21H20N2O4. The molecule has 0 atom stereocenters. The molecule has 3 aromatic rings. The van der Waals surface area contributed by atoms with E-state index in [1.165, 1.54) is 0 Å². The van der Waals surface area contributed by atoms with E-state index in [2.05, 4.69) is 10.3 Å². The van der Waals surface area contributed by atoms with Crippen molar-refractivity contribution < 1.29 is 19.0 Å². The van der Waals surface area contributed by atoms with Crippen molar-refractivity contribution in [1.82, 2.24) is 4.98 Å². The molecule has 0 aliphatic carbocycles. The van der Waals surface area contributed by atoms with Gasteiger partial charge in [0.15, 0.2) is 0 Å². The topological polar surface area (TPSA) is 69.7 Å². The highest BCUT2D eigenvalue weighted by Gasteiger charge is 2.11. The number of amides is 1. The van der Waals surface area contributed by atoms with Gasteiger partial charge >= 0.3 is 0 Å². The Bertz CT molecular complexity index is 896. The van der Waals surface area contributed by atoms with Crippen LogP contribution in [-0.4, -0.2) is 25.1 Å². The fourth-order valence-electron chi connectivity index (χ4n) is 2.46. The summed E-state index contributed by atoms with van der Waals surface area (Å²) in [5, 5.41) is 2.84. The molecule has 0 unspecified atom stereocenters. The lowest BCUT2D eigenvalue weighted by Gasteiger charge is -2.12. The Morgan fingerprint density at radius 2 is 1.78 bits per heavy atom. The van der Waals surface area contributed by atoms with Crippen molar-refractivity contribution in [2.24, 2.45) is 0 Å².